The van der Waals surface area contributed by atoms with Crippen LogP contribution in [0.4, 0.5) is 0 Å². The standard InChI is InChI=1S/2C23H26P.C4H6O4/c2*1-5-24(21-12-6-18(2)7-13-21,22-14-8-19(3)9-15-22)23-16-10-20(4)11-17-23;5-3(6)1-2-4(7)8/h2*6-17H,5H2,1-4H3;1-2H2,(H,5,6)(H,7,8)/q2*+1;/p-2. The smallest absolute Gasteiger partial charge is 0.111 e. The Balaban J connectivity index is 0.000000209. The minimum atomic E-state index is -1.59. The SMILES string of the molecule is CC[P+](c1ccc(C)cc1)(c1ccc(C)cc1)c1ccc(C)cc1.CC[P+](c1ccc(C)cc1)(c1ccc(C)cc1)c1ccc(C)cc1.O=C([O-])CCC(=O)[O-]. The summed E-state index contributed by atoms with van der Waals surface area (Å²) in [5.41, 5.74) is 7.92. The Morgan fingerprint density at radius 2 is 0.482 bits per heavy atom. The minimum Gasteiger partial charge on any atom is -0.550 e. The minimum absolute atomic E-state index is 0.470. The van der Waals surface area contributed by atoms with Crippen molar-refractivity contribution >= 4 is 58.3 Å². The van der Waals surface area contributed by atoms with Crippen molar-refractivity contribution in [2.45, 2.75) is 68.2 Å². The molecule has 6 rings (SSSR count). The zero-order valence-electron chi connectivity index (χ0n) is 34.2. The van der Waals surface area contributed by atoms with E-state index in [1.807, 2.05) is 0 Å². The molecule has 4 nitrogen and oxygen atoms in total. The van der Waals surface area contributed by atoms with Gasteiger partial charge in [0.1, 0.15) is 46.4 Å². The number of hydrogen-bond donors (Lipinski definition) is 0. The molecule has 0 saturated carbocycles. The van der Waals surface area contributed by atoms with Crippen LogP contribution in [0.15, 0.2) is 146 Å². The molecule has 0 aromatic heterocycles. The third kappa shape index (κ3) is 10.9. The molecule has 0 heterocycles. The summed E-state index contributed by atoms with van der Waals surface area (Å²) >= 11 is 0. The van der Waals surface area contributed by atoms with E-state index in [0.29, 0.717) is 0 Å². The third-order valence-corrected chi connectivity index (χ3v) is 19.3. The Kier molecular flexibility index (Phi) is 15.9. The van der Waals surface area contributed by atoms with Crippen molar-refractivity contribution in [1.29, 1.82) is 0 Å². The molecule has 0 aliphatic carbocycles. The monoisotopic (exact) mass is 782 g/mol. The van der Waals surface area contributed by atoms with Crippen LogP contribution in [0.1, 0.15) is 60.1 Å². The Labute approximate surface area is 336 Å². The highest BCUT2D eigenvalue weighted by atomic mass is 31.2. The van der Waals surface area contributed by atoms with E-state index in [4.69, 9.17) is 0 Å². The molecule has 0 amide bonds. The van der Waals surface area contributed by atoms with Gasteiger partial charge >= 0.3 is 0 Å². The summed E-state index contributed by atoms with van der Waals surface area (Å²) in [6, 6.07) is 55.1. The summed E-state index contributed by atoms with van der Waals surface area (Å²) in [6.45, 7) is 17.6. The highest BCUT2D eigenvalue weighted by molar-refractivity contribution is 7.96. The van der Waals surface area contributed by atoms with Crippen LogP contribution in [-0.4, -0.2) is 24.3 Å². The van der Waals surface area contributed by atoms with Crippen molar-refractivity contribution in [3.63, 3.8) is 0 Å². The maximum absolute atomic E-state index is 9.50. The molecule has 0 spiro atoms. The molecule has 0 aliphatic rings. The second-order valence-corrected chi connectivity index (χ2v) is 22.1. The number of carboxylic acid groups (broad SMARTS) is 2. The molecular weight excluding hydrogens is 726 g/mol. The number of rotatable bonds is 11. The molecule has 0 saturated heterocycles. The Morgan fingerprint density at radius 3 is 0.589 bits per heavy atom. The number of aryl methyl sites for hydroxylation is 6. The first-order valence-corrected chi connectivity index (χ1v) is 23.3. The molecule has 56 heavy (non-hydrogen) atoms. The summed E-state index contributed by atoms with van der Waals surface area (Å²) < 4.78 is 0. The van der Waals surface area contributed by atoms with E-state index in [2.05, 4.69) is 201 Å². The van der Waals surface area contributed by atoms with Gasteiger partial charge in [-0.05, 0) is 141 Å². The largest absolute Gasteiger partial charge is 0.550 e. The predicted octanol–water partition coefficient (Wildman–Crippen LogP) is 7.12. The maximum Gasteiger partial charge on any atom is 0.111 e. The topological polar surface area (TPSA) is 80.3 Å². The molecule has 6 heteroatoms. The Bertz CT molecular complexity index is 1760. The molecule has 6 aromatic rings. The van der Waals surface area contributed by atoms with Crippen molar-refractivity contribution in [3.8, 4) is 0 Å². The third-order valence-electron chi connectivity index (χ3n) is 10.3. The lowest BCUT2D eigenvalue weighted by molar-refractivity contribution is -0.315. The van der Waals surface area contributed by atoms with E-state index in [1.54, 1.807) is 0 Å². The summed E-state index contributed by atoms with van der Waals surface area (Å²) in [6.07, 6.45) is 1.34. The Morgan fingerprint density at radius 1 is 0.339 bits per heavy atom. The van der Waals surface area contributed by atoms with Crippen LogP contribution in [0.2, 0.25) is 0 Å². The van der Waals surface area contributed by atoms with Crippen LogP contribution < -0.4 is 42.0 Å². The summed E-state index contributed by atoms with van der Waals surface area (Å²) in [5, 5.41) is 27.9. The van der Waals surface area contributed by atoms with E-state index < -0.39 is 39.3 Å². The lowest BCUT2D eigenvalue weighted by Gasteiger charge is -2.26. The normalized spacial score (nSPS) is 11.1. The van der Waals surface area contributed by atoms with Gasteiger partial charge in [0.2, 0.25) is 0 Å². The van der Waals surface area contributed by atoms with Crippen molar-refractivity contribution in [1.82, 2.24) is 0 Å². The van der Waals surface area contributed by atoms with Crippen LogP contribution in [0.25, 0.3) is 0 Å². The fourth-order valence-electron chi connectivity index (χ4n) is 6.99. The number of carbonyl (C=O) groups is 2. The van der Waals surface area contributed by atoms with Gasteiger partial charge in [-0.15, -0.1) is 0 Å². The number of carbonyl (C=O) groups excluding carboxylic acids is 2. The van der Waals surface area contributed by atoms with Gasteiger partial charge in [0.25, 0.3) is 0 Å². The summed E-state index contributed by atoms with van der Waals surface area (Å²) in [5.74, 6) is -2.73. The zero-order valence-corrected chi connectivity index (χ0v) is 36.0. The van der Waals surface area contributed by atoms with Crippen LogP contribution in [0, 0.1) is 41.5 Å². The van der Waals surface area contributed by atoms with Crippen LogP contribution in [0.3, 0.4) is 0 Å². The second-order valence-electron chi connectivity index (χ2n) is 14.5. The fraction of sp³-hybridized carbons (Fsp3) is 0.240. The molecular formula is C50H56O4P2. The average Bonchev–Trinajstić information content (AvgIpc) is 3.19. The first-order valence-electron chi connectivity index (χ1n) is 19.3. The molecule has 290 valence electrons. The van der Waals surface area contributed by atoms with Gasteiger partial charge in [0, 0.05) is 11.9 Å². The van der Waals surface area contributed by atoms with Gasteiger partial charge in [-0.25, -0.2) is 0 Å². The molecule has 0 atom stereocenters. The lowest BCUT2D eigenvalue weighted by Crippen LogP contribution is -2.32. The lowest BCUT2D eigenvalue weighted by atomic mass is 10.2. The van der Waals surface area contributed by atoms with Gasteiger partial charge in [-0.1, -0.05) is 106 Å². The number of carboxylic acids is 2. The van der Waals surface area contributed by atoms with Crippen LogP contribution in [-0.2, 0) is 9.59 Å². The van der Waals surface area contributed by atoms with Crippen molar-refractivity contribution in [2.24, 2.45) is 0 Å². The van der Waals surface area contributed by atoms with E-state index in [1.165, 1.54) is 65.2 Å². The molecule has 0 bridgehead atoms. The molecule has 0 unspecified atom stereocenters. The highest BCUT2D eigenvalue weighted by Gasteiger charge is 2.44. The first kappa shape index (κ1) is 43.8. The van der Waals surface area contributed by atoms with Crippen molar-refractivity contribution < 1.29 is 19.8 Å². The van der Waals surface area contributed by atoms with E-state index in [0.717, 1.165) is 12.3 Å². The van der Waals surface area contributed by atoms with Gasteiger partial charge < -0.3 is 19.8 Å². The van der Waals surface area contributed by atoms with Crippen molar-refractivity contribution in [3.05, 3.63) is 179 Å². The molecule has 0 aliphatic heterocycles. The maximum atomic E-state index is 9.50. The van der Waals surface area contributed by atoms with Gasteiger partial charge in [-0.2, -0.15) is 0 Å². The van der Waals surface area contributed by atoms with Gasteiger partial charge in [0.15, 0.2) is 0 Å². The van der Waals surface area contributed by atoms with Crippen molar-refractivity contribution in [2.75, 3.05) is 12.3 Å². The molecule has 6 aromatic carbocycles. The molecule has 0 fully saturated rings. The Hall–Kier alpha value is -4.88. The number of benzene rings is 6. The fourth-order valence-corrected chi connectivity index (χ4v) is 14.9. The average molecular weight is 783 g/mol. The summed E-state index contributed by atoms with van der Waals surface area (Å²) in [7, 11) is -3.19. The van der Waals surface area contributed by atoms with E-state index in [-0.39, 0.29) is 0 Å². The molecule has 0 radical (unpaired) electrons. The predicted molar refractivity (Wildman–Crippen MR) is 239 cm³/mol. The summed E-state index contributed by atoms with van der Waals surface area (Å²) in [4.78, 5) is 19.0. The first-order chi connectivity index (χ1) is 26.7. The van der Waals surface area contributed by atoms with E-state index in [9.17, 15) is 19.8 Å². The quantitative estimate of drug-likeness (QED) is 0.131. The van der Waals surface area contributed by atoms with Crippen LogP contribution in [0.5, 0.6) is 0 Å². The second kappa shape index (κ2) is 20.3. The zero-order chi connectivity index (χ0) is 40.9. The number of hydrogen-bond acceptors (Lipinski definition) is 4. The van der Waals surface area contributed by atoms with Crippen LogP contribution >= 0.6 is 14.5 Å². The van der Waals surface area contributed by atoms with Gasteiger partial charge in [0.05, 0.1) is 12.3 Å². The van der Waals surface area contributed by atoms with E-state index >= 15 is 0 Å². The highest BCUT2D eigenvalue weighted by Crippen LogP contribution is 2.56. The van der Waals surface area contributed by atoms with Gasteiger partial charge in [-0.3, -0.25) is 0 Å². The number of aliphatic carboxylic acids is 2. The molecule has 0 N–H and O–H groups in total.